The Labute approximate surface area is 211 Å². The van der Waals surface area contributed by atoms with Gasteiger partial charge in [-0.2, -0.15) is 0 Å². The molecule has 7 nitrogen and oxygen atoms in total. The van der Waals surface area contributed by atoms with Crippen LogP contribution in [0, 0.1) is 17.7 Å². The topological polar surface area (TPSA) is 83.4 Å². The first-order valence-corrected chi connectivity index (χ1v) is 12.2. The van der Waals surface area contributed by atoms with Gasteiger partial charge in [-0.05, 0) is 54.7 Å². The number of benzene rings is 1. The van der Waals surface area contributed by atoms with Crippen molar-refractivity contribution < 1.29 is 23.4 Å². The predicted molar refractivity (Wildman–Crippen MR) is 133 cm³/mol. The molecule has 0 N–H and O–H groups in total. The summed E-state index contributed by atoms with van der Waals surface area (Å²) in [6.07, 6.45) is 5.99. The molecule has 3 aromatic rings. The number of halogens is 1. The van der Waals surface area contributed by atoms with Gasteiger partial charge >= 0.3 is 5.97 Å². The van der Waals surface area contributed by atoms with Crippen LogP contribution in [-0.2, 0) is 22.6 Å². The molecule has 190 valence electrons. The van der Waals surface area contributed by atoms with Gasteiger partial charge < -0.3 is 14.2 Å². The highest BCUT2D eigenvalue weighted by molar-refractivity contribution is 5.70. The Morgan fingerprint density at radius 2 is 1.94 bits per heavy atom. The quantitative estimate of drug-likeness (QED) is 0.325. The largest absolute Gasteiger partial charge is 0.487 e. The summed E-state index contributed by atoms with van der Waals surface area (Å²) in [6, 6.07) is 9.39. The van der Waals surface area contributed by atoms with Crippen molar-refractivity contribution in [2.45, 2.75) is 52.1 Å². The predicted octanol–water partition coefficient (Wildman–Crippen LogP) is 5.52. The Balaban J connectivity index is 1.54. The number of ether oxygens (including phenoxy) is 3. The molecule has 0 bridgehead atoms. The van der Waals surface area contributed by atoms with Gasteiger partial charge in [-0.25, -0.2) is 9.37 Å². The van der Waals surface area contributed by atoms with Crippen LogP contribution in [0.1, 0.15) is 56.0 Å². The molecule has 1 atom stereocenters. The van der Waals surface area contributed by atoms with Crippen molar-refractivity contribution in [3.63, 3.8) is 0 Å². The Bertz CT molecular complexity index is 1210. The Morgan fingerprint density at radius 1 is 1.14 bits per heavy atom. The SMILES string of the molecule is COC(=O)CC(c1cccc(OCc2cnc(-c3cc(OC)ncc3F)c(CC(C)C)n2)c1)C1CC1. The normalized spacial score (nSPS) is 13.9. The average Bonchev–Trinajstić information content (AvgIpc) is 3.72. The number of aromatic nitrogens is 3. The van der Waals surface area contributed by atoms with E-state index in [2.05, 4.69) is 23.8 Å². The van der Waals surface area contributed by atoms with E-state index in [9.17, 15) is 9.18 Å². The van der Waals surface area contributed by atoms with Crippen molar-refractivity contribution in [1.82, 2.24) is 15.0 Å². The molecule has 1 aliphatic carbocycles. The maximum atomic E-state index is 14.6. The Morgan fingerprint density at radius 3 is 2.64 bits per heavy atom. The number of carbonyl (C=O) groups excluding carboxylic acids is 1. The van der Waals surface area contributed by atoms with Crippen molar-refractivity contribution in [1.29, 1.82) is 0 Å². The number of rotatable bonds is 11. The molecule has 0 aliphatic heterocycles. The van der Waals surface area contributed by atoms with E-state index in [1.54, 1.807) is 6.20 Å². The van der Waals surface area contributed by atoms with Gasteiger partial charge in [-0.15, -0.1) is 0 Å². The monoisotopic (exact) mass is 493 g/mol. The highest BCUT2D eigenvalue weighted by Crippen LogP contribution is 2.45. The van der Waals surface area contributed by atoms with Crippen LogP contribution >= 0.6 is 0 Å². The fourth-order valence-electron chi connectivity index (χ4n) is 4.32. The van der Waals surface area contributed by atoms with Crippen molar-refractivity contribution >= 4 is 5.97 Å². The third kappa shape index (κ3) is 6.36. The smallest absolute Gasteiger partial charge is 0.306 e. The van der Waals surface area contributed by atoms with Crippen molar-refractivity contribution in [2.75, 3.05) is 14.2 Å². The molecule has 0 saturated heterocycles. The molecule has 0 spiro atoms. The minimum atomic E-state index is -0.479. The summed E-state index contributed by atoms with van der Waals surface area (Å²) in [5.74, 6) is 1.26. The molecule has 1 aliphatic rings. The molecular formula is C28H32FN3O4. The molecule has 0 radical (unpaired) electrons. The van der Waals surface area contributed by atoms with Gasteiger partial charge in [0.1, 0.15) is 12.4 Å². The van der Waals surface area contributed by atoms with Gasteiger partial charge in [0, 0.05) is 11.6 Å². The van der Waals surface area contributed by atoms with Gasteiger partial charge in [-0.3, -0.25) is 14.8 Å². The highest BCUT2D eigenvalue weighted by Gasteiger charge is 2.34. The number of carbonyl (C=O) groups is 1. The van der Waals surface area contributed by atoms with Gasteiger partial charge in [0.2, 0.25) is 5.88 Å². The second kappa shape index (κ2) is 11.5. The lowest BCUT2D eigenvalue weighted by Gasteiger charge is -2.17. The summed E-state index contributed by atoms with van der Waals surface area (Å²) in [5.41, 5.74) is 3.20. The summed E-state index contributed by atoms with van der Waals surface area (Å²) >= 11 is 0. The second-order valence-corrected chi connectivity index (χ2v) is 9.55. The lowest BCUT2D eigenvalue weighted by atomic mass is 9.91. The number of methoxy groups -OCH3 is 2. The first kappa shape index (κ1) is 25.5. The number of nitrogens with zero attached hydrogens (tertiary/aromatic N) is 3. The van der Waals surface area contributed by atoms with E-state index < -0.39 is 5.82 Å². The minimum Gasteiger partial charge on any atom is -0.487 e. The summed E-state index contributed by atoms with van der Waals surface area (Å²) < 4.78 is 30.7. The van der Waals surface area contributed by atoms with Crippen LogP contribution in [0.5, 0.6) is 11.6 Å². The molecule has 2 aromatic heterocycles. The van der Waals surface area contributed by atoms with Crippen LogP contribution in [-0.4, -0.2) is 35.1 Å². The summed E-state index contributed by atoms with van der Waals surface area (Å²) in [4.78, 5) is 25.2. The first-order valence-electron chi connectivity index (χ1n) is 12.2. The van der Waals surface area contributed by atoms with Gasteiger partial charge in [0.15, 0.2) is 5.82 Å². The summed E-state index contributed by atoms with van der Waals surface area (Å²) in [6.45, 7) is 4.37. The molecule has 36 heavy (non-hydrogen) atoms. The fourth-order valence-corrected chi connectivity index (χ4v) is 4.32. The average molecular weight is 494 g/mol. The first-order chi connectivity index (χ1) is 17.4. The maximum absolute atomic E-state index is 14.6. The van der Waals surface area contributed by atoms with Crippen LogP contribution in [0.4, 0.5) is 4.39 Å². The van der Waals surface area contributed by atoms with E-state index in [-0.39, 0.29) is 18.5 Å². The lowest BCUT2D eigenvalue weighted by molar-refractivity contribution is -0.141. The van der Waals surface area contributed by atoms with Gasteiger partial charge in [0.05, 0.1) is 50.1 Å². The second-order valence-electron chi connectivity index (χ2n) is 9.55. The van der Waals surface area contributed by atoms with E-state index >= 15 is 0 Å². The van der Waals surface area contributed by atoms with Crippen molar-refractivity contribution in [3.05, 3.63) is 65.5 Å². The third-order valence-electron chi connectivity index (χ3n) is 6.27. The van der Waals surface area contributed by atoms with E-state index in [0.29, 0.717) is 59.0 Å². The molecule has 4 rings (SSSR count). The van der Waals surface area contributed by atoms with Crippen LogP contribution in [0.15, 0.2) is 42.7 Å². The maximum Gasteiger partial charge on any atom is 0.306 e. The zero-order valence-corrected chi connectivity index (χ0v) is 21.2. The van der Waals surface area contributed by atoms with Crippen LogP contribution < -0.4 is 9.47 Å². The number of hydrogen-bond donors (Lipinski definition) is 0. The van der Waals surface area contributed by atoms with Gasteiger partial charge in [0.25, 0.3) is 0 Å². The molecule has 1 aromatic carbocycles. The molecule has 1 fully saturated rings. The summed E-state index contributed by atoms with van der Waals surface area (Å²) in [7, 11) is 2.91. The molecule has 1 saturated carbocycles. The Hall–Kier alpha value is -3.55. The van der Waals surface area contributed by atoms with E-state index in [4.69, 9.17) is 19.2 Å². The van der Waals surface area contributed by atoms with E-state index in [1.165, 1.54) is 20.3 Å². The summed E-state index contributed by atoms with van der Waals surface area (Å²) in [5, 5.41) is 0. The standard InChI is InChI=1S/C28H32FN3O4/c1-17(2)10-25-28(23-12-26(34-3)30-15-24(23)29)31-14-20(32-25)16-36-21-7-5-6-19(11-21)22(18-8-9-18)13-27(33)35-4/h5-7,11-12,14-15,17-18,22H,8-10,13,16H2,1-4H3. The molecular weight excluding hydrogens is 461 g/mol. The number of esters is 1. The van der Waals surface area contributed by atoms with Crippen LogP contribution in [0.25, 0.3) is 11.3 Å². The zero-order valence-electron chi connectivity index (χ0n) is 21.2. The van der Waals surface area contributed by atoms with Crippen LogP contribution in [0.3, 0.4) is 0 Å². The third-order valence-corrected chi connectivity index (χ3v) is 6.27. The minimum absolute atomic E-state index is 0.130. The number of hydrogen-bond acceptors (Lipinski definition) is 7. The van der Waals surface area contributed by atoms with E-state index in [1.807, 2.05) is 24.3 Å². The molecule has 0 amide bonds. The molecule has 8 heteroatoms. The van der Waals surface area contributed by atoms with Crippen LogP contribution in [0.2, 0.25) is 0 Å². The molecule has 2 heterocycles. The number of pyridine rings is 1. The Kier molecular flexibility index (Phi) is 8.13. The molecule has 1 unspecified atom stereocenters. The lowest BCUT2D eigenvalue weighted by Crippen LogP contribution is -2.11. The van der Waals surface area contributed by atoms with Crippen molar-refractivity contribution in [2.24, 2.45) is 11.8 Å². The fraction of sp³-hybridized carbons (Fsp3) is 0.429. The zero-order chi connectivity index (χ0) is 25.7. The van der Waals surface area contributed by atoms with Crippen molar-refractivity contribution in [3.8, 4) is 22.9 Å². The van der Waals surface area contributed by atoms with Gasteiger partial charge in [-0.1, -0.05) is 26.0 Å². The highest BCUT2D eigenvalue weighted by atomic mass is 19.1. The van der Waals surface area contributed by atoms with E-state index in [0.717, 1.165) is 24.6 Å².